The van der Waals surface area contributed by atoms with E-state index in [1.807, 2.05) is 13.1 Å². The molecular weight excluding hydrogens is 460 g/mol. The second-order valence-corrected chi connectivity index (χ2v) is 9.43. The first-order valence-corrected chi connectivity index (χ1v) is 13.1. The Bertz CT molecular complexity index is 1300. The summed E-state index contributed by atoms with van der Waals surface area (Å²) < 4.78 is 5.43. The maximum atomic E-state index is 5.43. The number of rotatable bonds is 6. The lowest BCUT2D eigenvalue weighted by molar-refractivity contribution is 0.122. The molecule has 2 N–H and O–H groups in total. The van der Waals surface area contributed by atoms with Gasteiger partial charge in [-0.2, -0.15) is 0 Å². The van der Waals surface area contributed by atoms with Crippen LogP contribution in [0.3, 0.4) is 0 Å². The Morgan fingerprint density at radius 2 is 1.76 bits per heavy atom. The zero-order valence-electron chi connectivity index (χ0n) is 21.6. The smallest absolute Gasteiger partial charge is 0.143 e. The van der Waals surface area contributed by atoms with Gasteiger partial charge in [-0.15, -0.1) is 6.58 Å². The van der Waals surface area contributed by atoms with Gasteiger partial charge < -0.3 is 24.8 Å². The second-order valence-electron chi connectivity index (χ2n) is 9.43. The molecule has 6 rings (SSSR count). The molecule has 0 saturated carbocycles. The third-order valence-corrected chi connectivity index (χ3v) is 6.96. The van der Waals surface area contributed by atoms with Gasteiger partial charge in [-0.3, -0.25) is 0 Å². The highest BCUT2D eigenvalue weighted by molar-refractivity contribution is 5.92. The summed E-state index contributed by atoms with van der Waals surface area (Å²) in [5, 5.41) is 4.19. The molecule has 2 aromatic carbocycles. The Hall–Kier alpha value is -3.84. The van der Waals surface area contributed by atoms with Gasteiger partial charge in [-0.25, -0.2) is 9.97 Å². The van der Waals surface area contributed by atoms with Crippen molar-refractivity contribution < 1.29 is 4.74 Å². The molecule has 4 aromatic rings. The summed E-state index contributed by atoms with van der Waals surface area (Å²) in [6.07, 6.45) is 7.24. The van der Waals surface area contributed by atoms with Crippen LogP contribution in [0.5, 0.6) is 0 Å². The molecule has 2 saturated heterocycles. The van der Waals surface area contributed by atoms with Crippen LogP contribution in [0.25, 0.3) is 22.3 Å². The number of aromatic amines is 1. The highest BCUT2D eigenvalue weighted by atomic mass is 16.5. The van der Waals surface area contributed by atoms with Gasteiger partial charge in [0.05, 0.1) is 18.6 Å². The summed E-state index contributed by atoms with van der Waals surface area (Å²) >= 11 is 0. The predicted molar refractivity (Wildman–Crippen MR) is 154 cm³/mol. The number of fused-ring (bicyclic) bond motifs is 1. The molecule has 2 aliphatic heterocycles. The van der Waals surface area contributed by atoms with Gasteiger partial charge in [-0.05, 0) is 60.7 Å². The molecule has 7 heteroatoms. The average Bonchev–Trinajstić information content (AvgIpc) is 3.65. The minimum absolute atomic E-state index is 0.744. The van der Waals surface area contributed by atoms with Gasteiger partial charge in [0.25, 0.3) is 0 Å². The van der Waals surface area contributed by atoms with Crippen LogP contribution in [0, 0.1) is 0 Å². The van der Waals surface area contributed by atoms with Crippen molar-refractivity contribution in [3.63, 3.8) is 0 Å². The van der Waals surface area contributed by atoms with Crippen LogP contribution in [-0.4, -0.2) is 61.4 Å². The van der Waals surface area contributed by atoms with E-state index in [0.29, 0.717) is 0 Å². The lowest BCUT2D eigenvalue weighted by Gasteiger charge is -2.27. The molecule has 2 aliphatic rings. The summed E-state index contributed by atoms with van der Waals surface area (Å²) in [6.45, 7) is 9.43. The van der Waals surface area contributed by atoms with E-state index >= 15 is 0 Å². The van der Waals surface area contributed by atoms with Gasteiger partial charge in [0, 0.05) is 50.3 Å². The number of nitrogens with zero attached hydrogens (tertiary/aromatic N) is 4. The van der Waals surface area contributed by atoms with Gasteiger partial charge >= 0.3 is 0 Å². The number of allylic oxidation sites excluding steroid dienone is 1. The molecule has 37 heavy (non-hydrogen) atoms. The molecule has 0 radical (unpaired) electrons. The SMILES string of the molecule is C=CCc1cccc(N2CCCC2)c1.CNc1ccc(-c2cc3c(N4CCOCC4)ncnc3[nH]2)cc1. The topological polar surface area (TPSA) is 69.3 Å². The monoisotopic (exact) mass is 496 g/mol. The maximum Gasteiger partial charge on any atom is 0.143 e. The van der Waals surface area contributed by atoms with Crippen LogP contribution in [0.15, 0.2) is 73.6 Å². The first-order valence-electron chi connectivity index (χ1n) is 13.1. The van der Waals surface area contributed by atoms with Gasteiger partial charge in [0.15, 0.2) is 0 Å². The lowest BCUT2D eigenvalue weighted by Crippen LogP contribution is -2.36. The molecule has 7 nitrogen and oxygen atoms in total. The van der Waals surface area contributed by atoms with E-state index in [0.717, 1.165) is 66.5 Å². The second kappa shape index (κ2) is 11.9. The fourth-order valence-corrected chi connectivity index (χ4v) is 4.95. The number of hydrogen-bond donors (Lipinski definition) is 2. The fourth-order valence-electron chi connectivity index (χ4n) is 4.95. The number of anilines is 3. The lowest BCUT2D eigenvalue weighted by atomic mass is 10.1. The first-order chi connectivity index (χ1) is 18.2. The third-order valence-electron chi connectivity index (χ3n) is 6.96. The van der Waals surface area contributed by atoms with Gasteiger partial charge in [0.2, 0.25) is 0 Å². The number of nitrogens with one attached hydrogen (secondary N) is 2. The van der Waals surface area contributed by atoms with Crippen molar-refractivity contribution in [1.82, 2.24) is 15.0 Å². The number of H-pyrrole nitrogens is 1. The minimum atomic E-state index is 0.744. The summed E-state index contributed by atoms with van der Waals surface area (Å²) in [4.78, 5) is 17.0. The van der Waals surface area contributed by atoms with Crippen LogP contribution in [-0.2, 0) is 11.2 Å². The molecule has 0 unspecified atom stereocenters. The van der Waals surface area contributed by atoms with Crippen molar-refractivity contribution in [2.75, 3.05) is 61.6 Å². The normalized spacial score (nSPS) is 15.4. The molecule has 192 valence electrons. The largest absolute Gasteiger partial charge is 0.388 e. The van der Waals surface area contributed by atoms with Crippen molar-refractivity contribution in [2.45, 2.75) is 19.3 Å². The minimum Gasteiger partial charge on any atom is -0.388 e. The van der Waals surface area contributed by atoms with Gasteiger partial charge in [0.1, 0.15) is 17.8 Å². The molecule has 0 bridgehead atoms. The Morgan fingerprint density at radius 3 is 2.49 bits per heavy atom. The fraction of sp³-hybridized carbons (Fsp3) is 0.333. The van der Waals surface area contributed by atoms with Crippen molar-refractivity contribution >= 4 is 28.2 Å². The van der Waals surface area contributed by atoms with Crippen LogP contribution >= 0.6 is 0 Å². The average molecular weight is 497 g/mol. The number of benzene rings is 2. The zero-order chi connectivity index (χ0) is 25.5. The van der Waals surface area contributed by atoms with E-state index in [2.05, 4.69) is 91.2 Å². The van der Waals surface area contributed by atoms with Crippen LogP contribution < -0.4 is 15.1 Å². The molecule has 2 fully saturated rings. The summed E-state index contributed by atoms with van der Waals surface area (Å²) in [6, 6.07) is 19.3. The number of morpholine rings is 1. The first kappa shape index (κ1) is 24.8. The Labute approximate surface area is 219 Å². The molecule has 0 atom stereocenters. The van der Waals surface area contributed by atoms with E-state index < -0.39 is 0 Å². The molecule has 0 amide bonds. The molecule has 4 heterocycles. The standard InChI is InChI=1S/C17H19N5O.C13H17N/c1-18-13-4-2-12(3-5-13)15-10-14-16(21-15)19-11-20-17(14)22-6-8-23-9-7-22;1-2-6-12-7-5-8-13(11-12)14-9-3-4-10-14/h2-5,10-11,18H,6-9H2,1H3,(H,19,20,21);2,5,7-8,11H,1,3-4,6,9-10H2. The zero-order valence-corrected chi connectivity index (χ0v) is 21.6. The quantitative estimate of drug-likeness (QED) is 0.343. The third kappa shape index (κ3) is 5.94. The summed E-state index contributed by atoms with van der Waals surface area (Å²) in [7, 11) is 1.92. The van der Waals surface area contributed by atoms with E-state index in [9.17, 15) is 0 Å². The highest BCUT2D eigenvalue weighted by Crippen LogP contribution is 2.29. The number of hydrogen-bond acceptors (Lipinski definition) is 6. The predicted octanol–water partition coefficient (Wildman–Crippen LogP) is 5.52. The summed E-state index contributed by atoms with van der Waals surface area (Å²) in [5.74, 6) is 0.979. The van der Waals surface area contributed by atoms with E-state index in [4.69, 9.17) is 4.74 Å². The van der Waals surface area contributed by atoms with Crippen molar-refractivity contribution in [2.24, 2.45) is 0 Å². The van der Waals surface area contributed by atoms with E-state index in [1.165, 1.54) is 37.2 Å². The van der Waals surface area contributed by atoms with E-state index in [-0.39, 0.29) is 0 Å². The Balaban J connectivity index is 0.000000171. The molecule has 0 aliphatic carbocycles. The van der Waals surface area contributed by atoms with Crippen LogP contribution in [0.1, 0.15) is 18.4 Å². The maximum absolute atomic E-state index is 5.43. The number of aromatic nitrogens is 3. The van der Waals surface area contributed by atoms with Crippen molar-refractivity contribution in [1.29, 1.82) is 0 Å². The van der Waals surface area contributed by atoms with Gasteiger partial charge in [-0.1, -0.05) is 30.3 Å². The highest BCUT2D eigenvalue weighted by Gasteiger charge is 2.17. The van der Waals surface area contributed by atoms with E-state index in [1.54, 1.807) is 6.33 Å². The Kier molecular flexibility index (Phi) is 8.01. The number of ether oxygens (including phenoxy) is 1. The van der Waals surface area contributed by atoms with Crippen molar-refractivity contribution in [3.05, 3.63) is 79.1 Å². The van der Waals surface area contributed by atoms with Crippen LogP contribution in [0.4, 0.5) is 17.2 Å². The molecular formula is C30H36N6O. The molecule has 2 aromatic heterocycles. The van der Waals surface area contributed by atoms with Crippen molar-refractivity contribution in [3.8, 4) is 11.3 Å². The molecule has 0 spiro atoms. The summed E-state index contributed by atoms with van der Waals surface area (Å²) in [5.41, 5.74) is 6.90. The Morgan fingerprint density at radius 1 is 0.973 bits per heavy atom. The van der Waals surface area contributed by atoms with Crippen LogP contribution in [0.2, 0.25) is 0 Å².